The highest BCUT2D eigenvalue weighted by atomic mass is 19.1. The molecule has 1 aliphatic rings. The van der Waals surface area contributed by atoms with E-state index in [1.54, 1.807) is 19.1 Å². The normalized spacial score (nSPS) is 13.3. The fourth-order valence-electron chi connectivity index (χ4n) is 2.16. The summed E-state index contributed by atoms with van der Waals surface area (Å²) in [5, 5.41) is 9.69. The molecule has 1 N–H and O–H groups in total. The van der Waals surface area contributed by atoms with Crippen molar-refractivity contribution >= 4 is 5.78 Å². The van der Waals surface area contributed by atoms with Gasteiger partial charge in [-0.2, -0.15) is 0 Å². The number of aryl methyl sites for hydroxylation is 1. The first-order valence-electron chi connectivity index (χ1n) is 5.88. The molecule has 1 heterocycles. The number of carbonyl (C=O) groups excluding carboxylic acids is 1. The Morgan fingerprint density at radius 3 is 2.84 bits per heavy atom. The lowest BCUT2D eigenvalue weighted by molar-refractivity contribution is 0.0992. The van der Waals surface area contributed by atoms with Gasteiger partial charge in [0.1, 0.15) is 23.1 Å². The first kappa shape index (κ1) is 11.7. The quantitative estimate of drug-likeness (QED) is 0.788. The van der Waals surface area contributed by atoms with Crippen molar-refractivity contribution in [1.29, 1.82) is 0 Å². The minimum absolute atomic E-state index is 0.0424. The zero-order valence-corrected chi connectivity index (χ0v) is 10.2. The second-order valence-corrected chi connectivity index (χ2v) is 4.55. The van der Waals surface area contributed by atoms with Crippen molar-refractivity contribution in [2.75, 3.05) is 0 Å². The van der Waals surface area contributed by atoms with Crippen LogP contribution in [0.1, 0.15) is 21.5 Å². The summed E-state index contributed by atoms with van der Waals surface area (Å²) in [5.41, 5.74) is 1.20. The molecule has 3 nitrogen and oxygen atoms in total. The maximum Gasteiger partial charge on any atom is 0.171 e. The number of hydrogen-bond acceptors (Lipinski definition) is 3. The highest BCUT2D eigenvalue weighted by Gasteiger charge is 2.24. The van der Waals surface area contributed by atoms with Crippen LogP contribution in [-0.4, -0.2) is 10.9 Å². The number of fused-ring (bicyclic) bond motifs is 2. The molecule has 19 heavy (non-hydrogen) atoms. The van der Waals surface area contributed by atoms with E-state index in [4.69, 9.17) is 4.74 Å². The molecule has 2 aromatic rings. The minimum Gasteiger partial charge on any atom is -0.508 e. The molecule has 96 valence electrons. The molecule has 0 atom stereocenters. The highest BCUT2D eigenvalue weighted by molar-refractivity contribution is 6.01. The maximum absolute atomic E-state index is 13.7. The van der Waals surface area contributed by atoms with Gasteiger partial charge in [-0.3, -0.25) is 4.79 Å². The van der Waals surface area contributed by atoms with Gasteiger partial charge < -0.3 is 9.84 Å². The van der Waals surface area contributed by atoms with Crippen LogP contribution in [0.25, 0.3) is 0 Å². The second-order valence-electron chi connectivity index (χ2n) is 4.55. The summed E-state index contributed by atoms with van der Waals surface area (Å²) in [4.78, 5) is 12.2. The van der Waals surface area contributed by atoms with E-state index >= 15 is 0 Å². The Labute approximate surface area is 109 Å². The number of ether oxygens (including phenoxy) is 1. The predicted molar refractivity (Wildman–Crippen MR) is 67.4 cm³/mol. The lowest BCUT2D eigenvalue weighted by Gasteiger charge is -2.09. The third kappa shape index (κ3) is 1.85. The van der Waals surface area contributed by atoms with Gasteiger partial charge in [0.2, 0.25) is 0 Å². The first-order valence-corrected chi connectivity index (χ1v) is 5.88. The zero-order chi connectivity index (χ0) is 13.6. The summed E-state index contributed by atoms with van der Waals surface area (Å²) >= 11 is 0. The molecule has 0 bridgehead atoms. The average molecular weight is 258 g/mol. The SMILES string of the molecule is Cc1cc2c(cc1O)Oc1cccc(F)c1CC2=O. The van der Waals surface area contributed by atoms with Crippen molar-refractivity contribution in [3.05, 3.63) is 52.8 Å². The van der Waals surface area contributed by atoms with E-state index in [0.717, 1.165) is 0 Å². The Morgan fingerprint density at radius 1 is 1.26 bits per heavy atom. The summed E-state index contributed by atoms with van der Waals surface area (Å²) in [6, 6.07) is 7.39. The van der Waals surface area contributed by atoms with Gasteiger partial charge in [0.05, 0.1) is 5.56 Å². The molecular formula is C15H11FO3. The van der Waals surface area contributed by atoms with Crippen molar-refractivity contribution in [1.82, 2.24) is 0 Å². The Balaban J connectivity index is 2.21. The number of ketones is 1. The highest BCUT2D eigenvalue weighted by Crippen LogP contribution is 2.37. The number of rotatable bonds is 0. The van der Waals surface area contributed by atoms with Crippen LogP contribution < -0.4 is 4.74 Å². The number of hydrogen-bond donors (Lipinski definition) is 1. The Bertz CT molecular complexity index is 692. The topological polar surface area (TPSA) is 46.5 Å². The Kier molecular flexibility index (Phi) is 2.52. The molecule has 4 heteroatoms. The van der Waals surface area contributed by atoms with Crippen LogP contribution in [0.4, 0.5) is 4.39 Å². The van der Waals surface area contributed by atoms with Crippen LogP contribution in [-0.2, 0) is 6.42 Å². The molecule has 0 amide bonds. The van der Waals surface area contributed by atoms with Gasteiger partial charge in [0, 0.05) is 18.1 Å². The predicted octanol–water partition coefficient (Wildman–Crippen LogP) is 3.37. The molecular weight excluding hydrogens is 247 g/mol. The van der Waals surface area contributed by atoms with Crippen LogP contribution in [0.5, 0.6) is 17.2 Å². The molecule has 0 aliphatic carbocycles. The molecule has 0 aromatic heterocycles. The molecule has 0 spiro atoms. The summed E-state index contributed by atoms with van der Waals surface area (Å²) in [6.07, 6.45) is -0.0424. The molecule has 3 rings (SSSR count). The first-order chi connectivity index (χ1) is 9.06. The van der Waals surface area contributed by atoms with Crippen LogP contribution in [0.3, 0.4) is 0 Å². The molecule has 0 saturated carbocycles. The van der Waals surface area contributed by atoms with Crippen LogP contribution in [0.15, 0.2) is 30.3 Å². The Morgan fingerprint density at radius 2 is 2.05 bits per heavy atom. The lowest BCUT2D eigenvalue weighted by Crippen LogP contribution is -2.03. The number of phenolic OH excluding ortho intramolecular Hbond substituents is 1. The number of benzene rings is 2. The number of halogens is 1. The molecule has 0 unspecified atom stereocenters. The van der Waals surface area contributed by atoms with E-state index in [1.165, 1.54) is 18.2 Å². The number of Topliss-reactive ketones (excluding diaryl/α,β-unsaturated/α-hetero) is 1. The van der Waals surface area contributed by atoms with Gasteiger partial charge in [-0.25, -0.2) is 4.39 Å². The van der Waals surface area contributed by atoms with E-state index in [9.17, 15) is 14.3 Å². The lowest BCUT2D eigenvalue weighted by atomic mass is 10.0. The van der Waals surface area contributed by atoms with Gasteiger partial charge in [-0.1, -0.05) is 6.07 Å². The zero-order valence-electron chi connectivity index (χ0n) is 10.2. The minimum atomic E-state index is -0.459. The van der Waals surface area contributed by atoms with Gasteiger partial charge in [-0.15, -0.1) is 0 Å². The molecule has 1 aliphatic heterocycles. The number of aromatic hydroxyl groups is 1. The van der Waals surface area contributed by atoms with E-state index in [1.807, 2.05) is 0 Å². The smallest absolute Gasteiger partial charge is 0.171 e. The van der Waals surface area contributed by atoms with Crippen LogP contribution in [0, 0.1) is 12.7 Å². The van der Waals surface area contributed by atoms with Crippen molar-refractivity contribution in [3.63, 3.8) is 0 Å². The van der Waals surface area contributed by atoms with Gasteiger partial charge in [-0.05, 0) is 30.7 Å². The third-order valence-electron chi connectivity index (χ3n) is 3.23. The monoisotopic (exact) mass is 258 g/mol. The van der Waals surface area contributed by atoms with Crippen molar-refractivity contribution < 1.29 is 19.0 Å². The molecule has 2 aromatic carbocycles. The van der Waals surface area contributed by atoms with Crippen molar-refractivity contribution in [2.45, 2.75) is 13.3 Å². The standard InChI is InChI=1S/C15H11FO3/c1-8-5-10-13(18)6-9-11(16)3-2-4-14(9)19-15(10)7-12(8)17/h2-5,7,17H,6H2,1H3. The van der Waals surface area contributed by atoms with E-state index in [2.05, 4.69) is 0 Å². The van der Waals surface area contributed by atoms with E-state index in [-0.39, 0.29) is 29.3 Å². The van der Waals surface area contributed by atoms with Crippen LogP contribution >= 0.6 is 0 Å². The fraction of sp³-hybridized carbons (Fsp3) is 0.133. The fourth-order valence-corrected chi connectivity index (χ4v) is 2.16. The van der Waals surface area contributed by atoms with Gasteiger partial charge >= 0.3 is 0 Å². The van der Waals surface area contributed by atoms with E-state index < -0.39 is 5.82 Å². The molecule has 0 saturated heterocycles. The number of phenols is 1. The largest absolute Gasteiger partial charge is 0.508 e. The second kappa shape index (κ2) is 4.09. The van der Waals surface area contributed by atoms with Crippen molar-refractivity contribution in [2.24, 2.45) is 0 Å². The summed E-state index contributed by atoms with van der Waals surface area (Å²) < 4.78 is 19.3. The maximum atomic E-state index is 13.7. The van der Waals surface area contributed by atoms with Crippen molar-refractivity contribution in [3.8, 4) is 17.2 Å². The summed E-state index contributed by atoms with van der Waals surface area (Å²) in [5.74, 6) is -0.0549. The van der Waals surface area contributed by atoms with Crippen LogP contribution in [0.2, 0.25) is 0 Å². The summed E-state index contributed by atoms with van der Waals surface area (Å²) in [6.45, 7) is 1.70. The molecule has 0 radical (unpaired) electrons. The van der Waals surface area contributed by atoms with Gasteiger partial charge in [0.25, 0.3) is 0 Å². The average Bonchev–Trinajstić information content (AvgIpc) is 2.49. The third-order valence-corrected chi connectivity index (χ3v) is 3.23. The van der Waals surface area contributed by atoms with E-state index in [0.29, 0.717) is 16.9 Å². The summed E-state index contributed by atoms with van der Waals surface area (Å²) in [7, 11) is 0. The molecule has 0 fully saturated rings. The van der Waals surface area contributed by atoms with Gasteiger partial charge in [0.15, 0.2) is 5.78 Å². The number of carbonyl (C=O) groups is 1. The Hall–Kier alpha value is -2.36.